The minimum absolute atomic E-state index is 0.00492. The van der Waals surface area contributed by atoms with Gasteiger partial charge in [-0.1, -0.05) is 103 Å². The first-order chi connectivity index (χ1) is 21.1. The summed E-state index contributed by atoms with van der Waals surface area (Å²) in [6.07, 6.45) is 0.00320. The summed E-state index contributed by atoms with van der Waals surface area (Å²) in [5.41, 5.74) is 6.98. The normalized spacial score (nSPS) is 18.2. The van der Waals surface area contributed by atoms with E-state index in [4.69, 9.17) is 9.47 Å². The van der Waals surface area contributed by atoms with E-state index in [1.807, 2.05) is 84.9 Å². The summed E-state index contributed by atoms with van der Waals surface area (Å²) in [6, 6.07) is 33.7. The highest BCUT2D eigenvalue weighted by Gasteiger charge is 2.32. The first-order valence-corrected chi connectivity index (χ1v) is 15.7. The average Bonchev–Trinajstić information content (AvgIpc) is 3.07. The summed E-state index contributed by atoms with van der Waals surface area (Å²) in [5.74, 6) is 1.43. The molecular weight excluding hydrogens is 560 g/mol. The molecule has 1 heterocycles. The second kappa shape index (κ2) is 15.7. The van der Waals surface area contributed by atoms with Crippen molar-refractivity contribution < 1.29 is 24.5 Å². The quantitative estimate of drug-likeness (QED) is 0.147. The molecule has 43 heavy (non-hydrogen) atoms. The molecule has 8 heteroatoms. The zero-order valence-electron chi connectivity index (χ0n) is 24.0. The van der Waals surface area contributed by atoms with Gasteiger partial charge in [0, 0.05) is 36.6 Å². The van der Waals surface area contributed by atoms with Gasteiger partial charge >= 0.3 is 6.03 Å². The molecule has 4 N–H and O–H groups in total. The van der Waals surface area contributed by atoms with Crippen LogP contribution in [0.5, 0.6) is 0 Å². The van der Waals surface area contributed by atoms with Gasteiger partial charge in [0.05, 0.1) is 25.4 Å². The van der Waals surface area contributed by atoms with Gasteiger partial charge in [-0.3, -0.25) is 0 Å². The van der Waals surface area contributed by atoms with Crippen LogP contribution in [0.1, 0.15) is 46.6 Å². The highest BCUT2D eigenvalue weighted by atomic mass is 32.2. The second-order valence-corrected chi connectivity index (χ2v) is 11.6. The minimum Gasteiger partial charge on any atom is -0.396 e. The minimum atomic E-state index is -0.532. The van der Waals surface area contributed by atoms with Crippen LogP contribution in [0.2, 0.25) is 0 Å². The summed E-state index contributed by atoms with van der Waals surface area (Å²) in [6.45, 7) is 1.01. The number of carbonyl (C=O) groups is 1. The van der Waals surface area contributed by atoms with E-state index in [1.165, 1.54) is 0 Å². The summed E-state index contributed by atoms with van der Waals surface area (Å²) in [7, 11) is 0. The van der Waals surface area contributed by atoms with E-state index in [0.29, 0.717) is 25.3 Å². The van der Waals surface area contributed by atoms with E-state index in [0.717, 1.165) is 44.7 Å². The Balaban J connectivity index is 1.26. The molecule has 4 aromatic carbocycles. The Bertz CT molecular complexity index is 1430. The van der Waals surface area contributed by atoms with Gasteiger partial charge < -0.3 is 30.3 Å². The molecule has 7 nitrogen and oxygen atoms in total. The van der Waals surface area contributed by atoms with Crippen LogP contribution < -0.4 is 10.6 Å². The van der Waals surface area contributed by atoms with E-state index < -0.39 is 6.29 Å². The van der Waals surface area contributed by atoms with Crippen molar-refractivity contribution in [2.24, 2.45) is 0 Å². The first kappa shape index (κ1) is 30.8. The zero-order valence-corrected chi connectivity index (χ0v) is 24.8. The Labute approximate surface area is 257 Å². The van der Waals surface area contributed by atoms with Gasteiger partial charge in [-0.25, -0.2) is 4.79 Å². The van der Waals surface area contributed by atoms with Gasteiger partial charge in [-0.05, 0) is 33.4 Å². The molecule has 4 aromatic rings. The van der Waals surface area contributed by atoms with Crippen molar-refractivity contribution in [3.8, 4) is 11.1 Å². The molecule has 2 amide bonds. The van der Waals surface area contributed by atoms with Crippen molar-refractivity contribution in [2.45, 2.75) is 44.6 Å². The monoisotopic (exact) mass is 598 g/mol. The number of ether oxygens (including phenoxy) is 2. The van der Waals surface area contributed by atoms with Crippen LogP contribution in [0.4, 0.5) is 4.79 Å². The molecule has 1 saturated heterocycles. The smallest absolute Gasteiger partial charge is 0.315 e. The Morgan fingerprint density at radius 3 is 2.21 bits per heavy atom. The van der Waals surface area contributed by atoms with Crippen LogP contribution in [-0.4, -0.2) is 40.5 Å². The number of nitrogens with one attached hydrogen (secondary N) is 2. The van der Waals surface area contributed by atoms with Crippen LogP contribution >= 0.6 is 11.8 Å². The average molecular weight is 599 g/mol. The lowest BCUT2D eigenvalue weighted by Gasteiger charge is -2.36. The molecule has 0 saturated carbocycles. The van der Waals surface area contributed by atoms with Crippen molar-refractivity contribution in [1.29, 1.82) is 0 Å². The van der Waals surface area contributed by atoms with Crippen molar-refractivity contribution in [1.82, 2.24) is 10.6 Å². The number of rotatable bonds is 12. The maximum Gasteiger partial charge on any atom is 0.315 e. The van der Waals surface area contributed by atoms with Crippen molar-refractivity contribution in [3.05, 3.63) is 131 Å². The standard InChI is InChI=1S/C35H38N2O5S/c38-18-19-43-24-31-20-33(28-12-10-26(23-39)11-13-28)42-34(41-31)29-16-14-27(15-17-29)32-9-5-4-8-30(32)22-37-35(40)36-21-25-6-2-1-3-7-25/h1-17,31,33-34,38-39H,18-24H2,(H2,36,37,40). The first-order valence-electron chi connectivity index (χ1n) is 14.6. The number of hydrogen-bond donors (Lipinski definition) is 4. The fourth-order valence-corrected chi connectivity index (χ4v) is 5.87. The molecule has 1 fully saturated rings. The summed E-state index contributed by atoms with van der Waals surface area (Å²) < 4.78 is 12.8. The molecule has 224 valence electrons. The number of amides is 2. The van der Waals surface area contributed by atoms with E-state index >= 15 is 0 Å². The molecule has 5 rings (SSSR count). The van der Waals surface area contributed by atoms with Gasteiger partial charge in [-0.15, -0.1) is 0 Å². The zero-order chi connectivity index (χ0) is 29.9. The van der Waals surface area contributed by atoms with E-state index in [9.17, 15) is 15.0 Å². The summed E-state index contributed by atoms with van der Waals surface area (Å²) in [4.78, 5) is 12.5. The maximum atomic E-state index is 12.5. The number of aliphatic hydroxyl groups excluding tert-OH is 2. The SMILES string of the molecule is O=C(NCc1ccccc1)NCc1ccccc1-c1ccc(C2OC(CSCCO)CC(c3ccc(CO)cc3)O2)cc1. The molecule has 0 radical (unpaired) electrons. The number of benzene rings is 4. The van der Waals surface area contributed by atoms with Gasteiger partial charge in [0.25, 0.3) is 0 Å². The number of carbonyl (C=O) groups excluding carboxylic acids is 1. The number of hydrogen-bond acceptors (Lipinski definition) is 6. The number of urea groups is 1. The van der Waals surface area contributed by atoms with Crippen molar-refractivity contribution in [3.63, 3.8) is 0 Å². The van der Waals surface area contributed by atoms with E-state index in [2.05, 4.69) is 28.8 Å². The van der Waals surface area contributed by atoms with Gasteiger partial charge in [0.1, 0.15) is 0 Å². The van der Waals surface area contributed by atoms with E-state index in [1.54, 1.807) is 11.8 Å². The van der Waals surface area contributed by atoms with Gasteiger partial charge in [0.15, 0.2) is 6.29 Å². The third-order valence-corrected chi connectivity index (χ3v) is 8.48. The Morgan fingerprint density at radius 2 is 1.47 bits per heavy atom. The molecule has 3 unspecified atom stereocenters. The van der Waals surface area contributed by atoms with Crippen LogP contribution in [0.15, 0.2) is 103 Å². The topological polar surface area (TPSA) is 100 Å². The van der Waals surface area contributed by atoms with Crippen LogP contribution in [0.25, 0.3) is 11.1 Å². The van der Waals surface area contributed by atoms with Crippen molar-refractivity contribution >= 4 is 17.8 Å². The summed E-state index contributed by atoms with van der Waals surface area (Å²) in [5, 5.41) is 24.6. The molecule has 3 atom stereocenters. The number of thioether (sulfide) groups is 1. The highest BCUT2D eigenvalue weighted by Crippen LogP contribution is 2.39. The Kier molecular flexibility index (Phi) is 11.2. The molecule has 0 spiro atoms. The molecule has 0 bridgehead atoms. The third kappa shape index (κ3) is 8.69. The molecule has 0 aromatic heterocycles. The van der Waals surface area contributed by atoms with Crippen molar-refractivity contribution in [2.75, 3.05) is 18.1 Å². The lowest BCUT2D eigenvalue weighted by atomic mass is 9.98. The fourth-order valence-electron chi connectivity index (χ4n) is 5.09. The predicted octanol–water partition coefficient (Wildman–Crippen LogP) is 6.12. The number of aliphatic hydroxyl groups is 2. The maximum absolute atomic E-state index is 12.5. The lowest BCUT2D eigenvalue weighted by molar-refractivity contribution is -0.245. The van der Waals surface area contributed by atoms with Crippen LogP contribution in [0, 0.1) is 0 Å². The fraction of sp³-hybridized carbons (Fsp3) is 0.286. The molecule has 1 aliphatic heterocycles. The largest absolute Gasteiger partial charge is 0.396 e. The third-order valence-electron chi connectivity index (χ3n) is 7.40. The lowest BCUT2D eigenvalue weighted by Crippen LogP contribution is -2.34. The predicted molar refractivity (Wildman–Crippen MR) is 170 cm³/mol. The second-order valence-electron chi connectivity index (χ2n) is 10.4. The summed E-state index contributed by atoms with van der Waals surface area (Å²) >= 11 is 1.67. The van der Waals surface area contributed by atoms with E-state index in [-0.39, 0.29) is 31.5 Å². The van der Waals surface area contributed by atoms with Gasteiger partial charge in [0.2, 0.25) is 0 Å². The van der Waals surface area contributed by atoms with Crippen LogP contribution in [0.3, 0.4) is 0 Å². The molecular formula is C35H38N2O5S. The molecule has 0 aliphatic carbocycles. The van der Waals surface area contributed by atoms with Crippen LogP contribution in [-0.2, 0) is 29.2 Å². The van der Waals surface area contributed by atoms with Gasteiger partial charge in [-0.2, -0.15) is 11.8 Å². The highest BCUT2D eigenvalue weighted by molar-refractivity contribution is 7.99. The Morgan fingerprint density at radius 1 is 0.767 bits per heavy atom. The Hall–Kier alpha value is -3.66. The molecule has 1 aliphatic rings.